The molecule has 1 saturated carbocycles. The van der Waals surface area contributed by atoms with Crippen molar-refractivity contribution in [3.8, 4) is 5.75 Å². The highest BCUT2D eigenvalue weighted by Gasteiger charge is 2.30. The van der Waals surface area contributed by atoms with Crippen molar-refractivity contribution in [1.29, 1.82) is 0 Å². The number of hydrogen-bond acceptors (Lipinski definition) is 3. The zero-order valence-corrected chi connectivity index (χ0v) is 10.5. The van der Waals surface area contributed by atoms with Crippen LogP contribution in [0.4, 0.5) is 0 Å². The van der Waals surface area contributed by atoms with Crippen molar-refractivity contribution in [1.82, 2.24) is 5.32 Å². The van der Waals surface area contributed by atoms with E-state index in [2.05, 4.69) is 17.4 Å². The Morgan fingerprint density at radius 2 is 2.24 bits per heavy atom. The molecule has 0 heterocycles. The predicted octanol–water partition coefficient (Wildman–Crippen LogP) is 1.91. The summed E-state index contributed by atoms with van der Waals surface area (Å²) in [6, 6.07) is 9.06. The SMILES string of the molecule is COc1cccc(C2CC(N[C@H](C)CO)C2)c1. The first kappa shape index (κ1) is 12.4. The highest BCUT2D eigenvalue weighted by molar-refractivity contribution is 5.32. The standard InChI is InChI=1S/C14H21NO2/c1-10(9-16)15-13-6-12(7-13)11-4-3-5-14(8-11)17-2/h3-5,8,10,12-13,15-16H,6-7,9H2,1-2H3/t10-,12?,13?/m1/s1. The minimum absolute atomic E-state index is 0.200. The van der Waals surface area contributed by atoms with E-state index in [1.165, 1.54) is 5.56 Å². The maximum absolute atomic E-state index is 8.98. The van der Waals surface area contributed by atoms with Crippen molar-refractivity contribution < 1.29 is 9.84 Å². The molecule has 0 saturated heterocycles. The van der Waals surface area contributed by atoms with Crippen molar-refractivity contribution in [3.63, 3.8) is 0 Å². The summed E-state index contributed by atoms with van der Waals surface area (Å²) in [5.41, 5.74) is 1.36. The second-order valence-electron chi connectivity index (χ2n) is 4.89. The summed E-state index contributed by atoms with van der Waals surface area (Å²) in [5.74, 6) is 1.57. The van der Waals surface area contributed by atoms with Gasteiger partial charge in [-0.2, -0.15) is 0 Å². The summed E-state index contributed by atoms with van der Waals surface area (Å²) >= 11 is 0. The molecule has 0 spiro atoms. The Labute approximate surface area is 103 Å². The Balaban J connectivity index is 1.86. The normalized spacial score (nSPS) is 25.1. The molecule has 0 unspecified atom stereocenters. The molecule has 1 atom stereocenters. The van der Waals surface area contributed by atoms with Gasteiger partial charge in [-0.25, -0.2) is 0 Å². The van der Waals surface area contributed by atoms with Crippen LogP contribution in [0, 0.1) is 0 Å². The van der Waals surface area contributed by atoms with Gasteiger partial charge < -0.3 is 15.2 Å². The first-order chi connectivity index (χ1) is 8.22. The van der Waals surface area contributed by atoms with Crippen molar-refractivity contribution in [2.24, 2.45) is 0 Å². The molecule has 1 aliphatic carbocycles. The quantitative estimate of drug-likeness (QED) is 0.819. The fraction of sp³-hybridized carbons (Fsp3) is 0.571. The highest BCUT2D eigenvalue weighted by Crippen LogP contribution is 2.38. The molecule has 1 aromatic carbocycles. The molecule has 1 fully saturated rings. The van der Waals surface area contributed by atoms with Gasteiger partial charge >= 0.3 is 0 Å². The number of aliphatic hydroxyl groups excluding tert-OH is 1. The Kier molecular flexibility index (Phi) is 4.02. The van der Waals surface area contributed by atoms with Gasteiger partial charge in [0.05, 0.1) is 13.7 Å². The van der Waals surface area contributed by atoms with E-state index in [0.29, 0.717) is 12.0 Å². The van der Waals surface area contributed by atoms with Gasteiger partial charge in [0.15, 0.2) is 0 Å². The molecular weight excluding hydrogens is 214 g/mol. The Morgan fingerprint density at radius 1 is 1.47 bits per heavy atom. The van der Waals surface area contributed by atoms with Crippen LogP contribution in [0.1, 0.15) is 31.2 Å². The summed E-state index contributed by atoms with van der Waals surface area (Å²) in [7, 11) is 1.70. The Hall–Kier alpha value is -1.06. The van der Waals surface area contributed by atoms with E-state index in [1.54, 1.807) is 7.11 Å². The van der Waals surface area contributed by atoms with E-state index < -0.39 is 0 Å². The third kappa shape index (κ3) is 2.99. The van der Waals surface area contributed by atoms with Crippen LogP contribution >= 0.6 is 0 Å². The first-order valence-corrected chi connectivity index (χ1v) is 6.23. The second-order valence-corrected chi connectivity index (χ2v) is 4.89. The van der Waals surface area contributed by atoms with E-state index >= 15 is 0 Å². The summed E-state index contributed by atoms with van der Waals surface area (Å²) in [6.07, 6.45) is 2.30. The van der Waals surface area contributed by atoms with Gasteiger partial charge in [0.2, 0.25) is 0 Å². The van der Waals surface area contributed by atoms with Crippen LogP contribution < -0.4 is 10.1 Å². The second kappa shape index (κ2) is 5.52. The summed E-state index contributed by atoms with van der Waals surface area (Å²) in [4.78, 5) is 0. The third-order valence-electron chi connectivity index (χ3n) is 3.50. The number of benzene rings is 1. The van der Waals surface area contributed by atoms with Gasteiger partial charge in [-0.05, 0) is 43.4 Å². The van der Waals surface area contributed by atoms with Crippen LogP contribution in [0.5, 0.6) is 5.75 Å². The molecule has 0 amide bonds. The van der Waals surface area contributed by atoms with Gasteiger partial charge in [0.1, 0.15) is 5.75 Å². The minimum Gasteiger partial charge on any atom is -0.497 e. The fourth-order valence-electron chi connectivity index (χ4n) is 2.38. The largest absolute Gasteiger partial charge is 0.497 e. The molecule has 3 nitrogen and oxygen atoms in total. The average molecular weight is 235 g/mol. The molecule has 17 heavy (non-hydrogen) atoms. The van der Waals surface area contributed by atoms with E-state index in [1.807, 2.05) is 19.1 Å². The zero-order chi connectivity index (χ0) is 12.3. The van der Waals surface area contributed by atoms with Crippen molar-refractivity contribution in [2.75, 3.05) is 13.7 Å². The van der Waals surface area contributed by atoms with Crippen LogP contribution in [-0.2, 0) is 0 Å². The van der Waals surface area contributed by atoms with E-state index in [-0.39, 0.29) is 12.6 Å². The van der Waals surface area contributed by atoms with Gasteiger partial charge in [-0.3, -0.25) is 0 Å². The lowest BCUT2D eigenvalue weighted by molar-refractivity contribution is 0.204. The lowest BCUT2D eigenvalue weighted by Gasteiger charge is -2.38. The van der Waals surface area contributed by atoms with E-state index in [9.17, 15) is 0 Å². The lowest BCUT2D eigenvalue weighted by atomic mass is 9.75. The highest BCUT2D eigenvalue weighted by atomic mass is 16.5. The molecule has 0 bridgehead atoms. The number of methoxy groups -OCH3 is 1. The first-order valence-electron chi connectivity index (χ1n) is 6.23. The van der Waals surface area contributed by atoms with Crippen LogP contribution in [0.3, 0.4) is 0 Å². The Bertz CT molecular complexity index is 361. The fourth-order valence-corrected chi connectivity index (χ4v) is 2.38. The Morgan fingerprint density at radius 3 is 2.88 bits per heavy atom. The molecule has 3 heteroatoms. The van der Waals surface area contributed by atoms with E-state index in [4.69, 9.17) is 9.84 Å². The molecule has 1 aliphatic rings. The van der Waals surface area contributed by atoms with Gasteiger partial charge in [-0.1, -0.05) is 12.1 Å². The summed E-state index contributed by atoms with van der Waals surface area (Å²) in [5, 5.41) is 12.4. The summed E-state index contributed by atoms with van der Waals surface area (Å²) < 4.78 is 5.23. The van der Waals surface area contributed by atoms with Gasteiger partial charge in [0.25, 0.3) is 0 Å². The van der Waals surface area contributed by atoms with Crippen molar-refractivity contribution in [2.45, 2.75) is 37.8 Å². The van der Waals surface area contributed by atoms with Crippen LogP contribution in [0.25, 0.3) is 0 Å². The van der Waals surface area contributed by atoms with Crippen LogP contribution in [0.15, 0.2) is 24.3 Å². The molecular formula is C14H21NO2. The number of ether oxygens (including phenoxy) is 1. The molecule has 0 aliphatic heterocycles. The predicted molar refractivity (Wildman–Crippen MR) is 68.4 cm³/mol. The van der Waals surface area contributed by atoms with Gasteiger partial charge in [0, 0.05) is 12.1 Å². The van der Waals surface area contributed by atoms with Gasteiger partial charge in [-0.15, -0.1) is 0 Å². The molecule has 94 valence electrons. The summed E-state index contributed by atoms with van der Waals surface area (Å²) in [6.45, 7) is 2.22. The topological polar surface area (TPSA) is 41.5 Å². The smallest absolute Gasteiger partial charge is 0.119 e. The molecule has 2 rings (SSSR count). The number of nitrogens with one attached hydrogen (secondary N) is 1. The number of hydrogen-bond donors (Lipinski definition) is 2. The number of rotatable bonds is 5. The van der Waals surface area contributed by atoms with Crippen LogP contribution in [0.2, 0.25) is 0 Å². The molecule has 0 radical (unpaired) electrons. The van der Waals surface area contributed by atoms with Crippen molar-refractivity contribution >= 4 is 0 Å². The molecule has 1 aromatic rings. The van der Waals surface area contributed by atoms with E-state index in [0.717, 1.165) is 18.6 Å². The maximum atomic E-state index is 8.98. The minimum atomic E-state index is 0.200. The molecule has 0 aromatic heterocycles. The lowest BCUT2D eigenvalue weighted by Crippen LogP contribution is -2.45. The van der Waals surface area contributed by atoms with Crippen LogP contribution in [-0.4, -0.2) is 30.9 Å². The average Bonchev–Trinajstić information content (AvgIpc) is 2.32. The zero-order valence-electron chi connectivity index (χ0n) is 10.5. The number of aliphatic hydroxyl groups is 1. The maximum Gasteiger partial charge on any atom is 0.119 e. The molecule has 2 N–H and O–H groups in total. The monoisotopic (exact) mass is 235 g/mol. The van der Waals surface area contributed by atoms with Crippen molar-refractivity contribution in [3.05, 3.63) is 29.8 Å². The third-order valence-corrected chi connectivity index (χ3v) is 3.50.